The Bertz CT molecular complexity index is 2070. The monoisotopic (exact) mass is 1380 g/mol. The molecular formula is C70H127O24P. The van der Waals surface area contributed by atoms with E-state index in [0.717, 1.165) is 96.0 Å². The van der Waals surface area contributed by atoms with Crippen LogP contribution in [0.15, 0.2) is 24.3 Å². The van der Waals surface area contributed by atoms with Crippen molar-refractivity contribution in [3.8, 4) is 0 Å². The summed E-state index contributed by atoms with van der Waals surface area (Å²) in [6.07, 6.45) is 11.9. The Labute approximate surface area is 566 Å². The van der Waals surface area contributed by atoms with E-state index in [4.69, 9.17) is 42.2 Å². The zero-order chi connectivity index (χ0) is 69.6. The number of hydrogen-bond donors (Lipinski definition) is 11. The first-order valence-electron chi connectivity index (χ1n) is 36.7. The molecule has 0 radical (unpaired) electrons. The zero-order valence-corrected chi connectivity index (χ0v) is 58.6. The minimum Gasteiger partial charge on any atom is -0.463 e. The highest BCUT2D eigenvalue weighted by Crippen LogP contribution is 2.49. The molecule has 0 amide bonds. The second-order valence-electron chi connectivity index (χ2n) is 26.4. The molecule has 0 aromatic carbocycles. The van der Waals surface area contributed by atoms with Crippen molar-refractivity contribution < 1.29 is 117 Å². The highest BCUT2D eigenvalue weighted by molar-refractivity contribution is 7.47. The number of carbonyl (C=O) groups excluding carboxylic acids is 3. The van der Waals surface area contributed by atoms with E-state index in [-0.39, 0.29) is 12.8 Å². The Morgan fingerprint density at radius 1 is 0.432 bits per heavy atom. The molecule has 3 fully saturated rings. The summed E-state index contributed by atoms with van der Waals surface area (Å²) in [5.41, 5.74) is 0. The SMILES string of the molecule is CCCCCCCCCCCCC/C=C/C=C/C(=O)OCC(COP(=O)(O)OC1C(OC2OC(CO)C(O)C(O)C2O)C(O)C(O)C(O)C1OC1OC(COC(=O)CCCCCCCCCCCCC)C(O)C(O)C1O)OC(=O)CCCCCCCCCCCCCCCC. The topological polar surface area (TPSA) is 374 Å². The number of unbranched alkanes of at least 4 members (excludes halogenated alkanes) is 34. The lowest BCUT2D eigenvalue weighted by molar-refractivity contribution is -0.360. The van der Waals surface area contributed by atoms with Crippen LogP contribution in [0.25, 0.3) is 0 Å². The van der Waals surface area contributed by atoms with Crippen molar-refractivity contribution in [2.24, 2.45) is 0 Å². The summed E-state index contributed by atoms with van der Waals surface area (Å²) in [4.78, 5) is 50.8. The maximum Gasteiger partial charge on any atom is 0.472 e. The second-order valence-corrected chi connectivity index (χ2v) is 27.8. The van der Waals surface area contributed by atoms with E-state index < -0.39 is 156 Å². The fourth-order valence-corrected chi connectivity index (χ4v) is 13.0. The molecule has 24 nitrogen and oxygen atoms in total. The standard InChI is InChI=1S/C70H127O24P/c1-4-7-10-13-16-19-22-24-26-28-30-33-35-38-41-44-54(72)86-48-51(89-56(74)46-43-40-37-34-31-27-25-23-20-17-14-11-8-5-2)49-88-95(84,85)94-68-66(92-69-64(82)59(77)57(75)52(47-71)90-69)62(80)61(79)63(81)67(68)93-70-65(83)60(78)58(76)53(91-70)50-87-55(73)45-42-39-36-32-29-21-18-15-12-9-6-3/h35,38,41,44,51-53,57-71,75-83H,4-34,36-37,39-40,42-43,45-50H2,1-3H3,(H,84,85)/b38-35+,44-41+. The Morgan fingerprint density at radius 3 is 1.24 bits per heavy atom. The minimum atomic E-state index is -5.71. The van der Waals surface area contributed by atoms with Gasteiger partial charge >= 0.3 is 25.7 Å². The van der Waals surface area contributed by atoms with Gasteiger partial charge in [0, 0.05) is 18.9 Å². The quantitative estimate of drug-likeness (QED) is 0.00674. The number of aliphatic hydroxyl groups is 10. The van der Waals surface area contributed by atoms with Crippen LogP contribution in [0.1, 0.15) is 271 Å². The molecule has 3 rings (SSSR count). The van der Waals surface area contributed by atoms with E-state index >= 15 is 0 Å². The molecule has 18 atom stereocenters. The molecule has 18 unspecified atom stereocenters. The van der Waals surface area contributed by atoms with Gasteiger partial charge in [0.2, 0.25) is 0 Å². The molecule has 1 aliphatic carbocycles. The molecule has 2 heterocycles. The van der Waals surface area contributed by atoms with Crippen molar-refractivity contribution in [3.63, 3.8) is 0 Å². The summed E-state index contributed by atoms with van der Waals surface area (Å²) in [5.74, 6) is -2.24. The molecule has 0 aromatic rings. The highest BCUT2D eigenvalue weighted by Gasteiger charge is 2.58. The van der Waals surface area contributed by atoms with Gasteiger partial charge in [-0.05, 0) is 25.7 Å². The van der Waals surface area contributed by atoms with Gasteiger partial charge < -0.3 is 89.1 Å². The molecule has 0 bridgehead atoms. The Hall–Kier alpha value is -2.56. The Balaban J connectivity index is 1.77. The van der Waals surface area contributed by atoms with Crippen LogP contribution in [0.2, 0.25) is 0 Å². The lowest BCUT2D eigenvalue weighted by Crippen LogP contribution is -2.69. The number of ether oxygens (including phenoxy) is 7. The van der Waals surface area contributed by atoms with E-state index in [1.165, 1.54) is 141 Å². The number of phosphoric ester groups is 1. The predicted octanol–water partition coefficient (Wildman–Crippen LogP) is 9.35. The molecule has 95 heavy (non-hydrogen) atoms. The van der Waals surface area contributed by atoms with Crippen molar-refractivity contribution in [2.45, 2.75) is 375 Å². The van der Waals surface area contributed by atoms with Gasteiger partial charge in [-0.1, -0.05) is 251 Å². The third-order valence-electron chi connectivity index (χ3n) is 18.1. The van der Waals surface area contributed by atoms with Crippen LogP contribution < -0.4 is 0 Å². The van der Waals surface area contributed by atoms with Crippen LogP contribution in [-0.2, 0) is 61.2 Å². The second kappa shape index (κ2) is 52.4. The molecule has 556 valence electrons. The van der Waals surface area contributed by atoms with Crippen molar-refractivity contribution >= 4 is 25.7 Å². The number of hydrogen-bond acceptors (Lipinski definition) is 23. The van der Waals surface area contributed by atoms with E-state index in [1.807, 2.05) is 6.08 Å². The first kappa shape index (κ1) is 86.7. The lowest BCUT2D eigenvalue weighted by atomic mass is 9.84. The number of carbonyl (C=O) groups is 3. The van der Waals surface area contributed by atoms with E-state index in [9.17, 15) is 74.9 Å². The summed E-state index contributed by atoms with van der Waals surface area (Å²) < 4.78 is 64.7. The first-order chi connectivity index (χ1) is 45.8. The lowest BCUT2D eigenvalue weighted by Gasteiger charge is -2.49. The fourth-order valence-electron chi connectivity index (χ4n) is 12.1. The van der Waals surface area contributed by atoms with Gasteiger partial charge in [0.05, 0.1) is 13.2 Å². The van der Waals surface area contributed by atoms with E-state index in [0.29, 0.717) is 12.8 Å². The molecule has 25 heteroatoms. The van der Waals surface area contributed by atoms with Crippen molar-refractivity contribution in [1.29, 1.82) is 0 Å². The number of esters is 3. The van der Waals surface area contributed by atoms with E-state index in [2.05, 4.69) is 20.8 Å². The third-order valence-corrected chi connectivity index (χ3v) is 19.1. The zero-order valence-electron chi connectivity index (χ0n) is 57.7. The molecule has 2 aliphatic heterocycles. The smallest absolute Gasteiger partial charge is 0.463 e. The number of aliphatic hydroxyl groups excluding tert-OH is 10. The average molecular weight is 1380 g/mol. The van der Waals surface area contributed by atoms with Gasteiger partial charge in [0.15, 0.2) is 18.7 Å². The van der Waals surface area contributed by atoms with Crippen LogP contribution >= 0.6 is 7.82 Å². The van der Waals surface area contributed by atoms with Crippen LogP contribution in [0.3, 0.4) is 0 Å². The van der Waals surface area contributed by atoms with Crippen molar-refractivity contribution in [2.75, 3.05) is 26.4 Å². The van der Waals surface area contributed by atoms with Gasteiger partial charge in [-0.2, -0.15) is 0 Å². The van der Waals surface area contributed by atoms with E-state index in [1.54, 1.807) is 6.08 Å². The molecule has 0 spiro atoms. The Morgan fingerprint density at radius 2 is 0.811 bits per heavy atom. The maximum absolute atomic E-state index is 14.3. The largest absolute Gasteiger partial charge is 0.472 e. The fraction of sp³-hybridized carbons (Fsp3) is 0.900. The Kier molecular flexibility index (Phi) is 47.8. The van der Waals surface area contributed by atoms with Gasteiger partial charge in [-0.25, -0.2) is 9.36 Å². The van der Waals surface area contributed by atoms with Crippen LogP contribution in [0.5, 0.6) is 0 Å². The highest BCUT2D eigenvalue weighted by atomic mass is 31.2. The van der Waals surface area contributed by atoms with Gasteiger partial charge in [0.25, 0.3) is 0 Å². The number of phosphoric acid groups is 1. The predicted molar refractivity (Wildman–Crippen MR) is 356 cm³/mol. The number of rotatable bonds is 56. The van der Waals surface area contributed by atoms with Crippen LogP contribution in [0.4, 0.5) is 0 Å². The van der Waals surface area contributed by atoms with Crippen molar-refractivity contribution in [1.82, 2.24) is 0 Å². The molecular weight excluding hydrogens is 1260 g/mol. The van der Waals surface area contributed by atoms with Gasteiger partial charge in [-0.15, -0.1) is 0 Å². The molecule has 2 saturated heterocycles. The maximum atomic E-state index is 14.3. The van der Waals surface area contributed by atoms with Gasteiger partial charge in [0.1, 0.15) is 98.7 Å². The molecule has 1 saturated carbocycles. The minimum absolute atomic E-state index is 0.0280. The normalized spacial score (nSPS) is 28.2. The van der Waals surface area contributed by atoms with Crippen molar-refractivity contribution in [3.05, 3.63) is 24.3 Å². The van der Waals surface area contributed by atoms with Crippen LogP contribution in [0, 0.1) is 0 Å². The third kappa shape index (κ3) is 36.1. The first-order valence-corrected chi connectivity index (χ1v) is 38.2. The summed E-state index contributed by atoms with van der Waals surface area (Å²) in [6, 6.07) is 0. The van der Waals surface area contributed by atoms with Gasteiger partial charge in [-0.3, -0.25) is 18.6 Å². The summed E-state index contributed by atoms with van der Waals surface area (Å²) in [7, 11) is -5.71. The molecule has 11 N–H and O–H groups in total. The summed E-state index contributed by atoms with van der Waals surface area (Å²) >= 11 is 0. The number of allylic oxidation sites excluding steroid dienone is 3. The van der Waals surface area contributed by atoms with Crippen LogP contribution in [-0.4, -0.2) is 204 Å². The molecule has 0 aromatic heterocycles. The average Bonchev–Trinajstić information content (AvgIpc) is 0.765. The summed E-state index contributed by atoms with van der Waals surface area (Å²) in [5, 5.41) is 110. The molecule has 3 aliphatic rings. The summed E-state index contributed by atoms with van der Waals surface area (Å²) in [6.45, 7) is 3.31.